The number of aromatic nitrogens is 4. The Hall–Kier alpha value is -3.45. The van der Waals surface area contributed by atoms with E-state index in [1.807, 2.05) is 37.3 Å². The van der Waals surface area contributed by atoms with Crippen LogP contribution in [0.4, 0.5) is 0 Å². The molecule has 0 saturated heterocycles. The van der Waals surface area contributed by atoms with Crippen LogP contribution in [0.15, 0.2) is 65.1 Å². The Morgan fingerprint density at radius 3 is 1.58 bits per heavy atom. The number of pyridine rings is 4. The van der Waals surface area contributed by atoms with Gasteiger partial charge in [-0.15, -0.1) is 0 Å². The normalized spacial score (nSPS) is 9.56. The average molecular weight is 678 g/mol. The summed E-state index contributed by atoms with van der Waals surface area (Å²) in [7, 11) is 4.86. The third kappa shape index (κ3) is 14.0. The second-order valence-electron chi connectivity index (χ2n) is 8.28. The molecule has 10 nitrogen and oxygen atoms in total. The number of hydrogen-bond donors (Lipinski definition) is 2. The zero-order valence-corrected chi connectivity index (χ0v) is 27.9. The first kappa shape index (κ1) is 37.6. The number of rotatable bonds is 8. The largest absolute Gasteiger partial charge is 0.490 e. The first-order chi connectivity index (χ1) is 20.6. The van der Waals surface area contributed by atoms with E-state index >= 15 is 0 Å². The van der Waals surface area contributed by atoms with E-state index in [2.05, 4.69) is 49.7 Å². The van der Waals surface area contributed by atoms with Crippen molar-refractivity contribution in [2.75, 3.05) is 28.4 Å². The van der Waals surface area contributed by atoms with Gasteiger partial charge in [-0.05, 0) is 59.5 Å². The van der Waals surface area contributed by atoms with Gasteiger partial charge in [-0.25, -0.2) is 19.9 Å². The van der Waals surface area contributed by atoms with Crippen molar-refractivity contribution in [2.45, 2.75) is 40.0 Å². The third-order valence-electron chi connectivity index (χ3n) is 5.49. The molecule has 4 heterocycles. The highest BCUT2D eigenvalue weighted by Gasteiger charge is 2.16. The molecule has 4 aromatic rings. The Morgan fingerprint density at radius 1 is 0.628 bits per heavy atom. The summed E-state index contributed by atoms with van der Waals surface area (Å²) >= 11 is 8.93. The SMILES string of the molecule is CCc1cccc(OC)n1.CCc1nc(OC)ccc1B(O)O.CCc1nc(OC)ccc1Br.COc1cccc(Cl)n1. The van der Waals surface area contributed by atoms with Crippen LogP contribution < -0.4 is 24.4 Å². The Labute approximate surface area is 267 Å². The molecule has 0 aromatic carbocycles. The maximum atomic E-state index is 8.97. The molecule has 0 amide bonds. The van der Waals surface area contributed by atoms with E-state index in [4.69, 9.17) is 40.6 Å². The molecule has 2 N–H and O–H groups in total. The van der Waals surface area contributed by atoms with Crippen molar-refractivity contribution in [1.29, 1.82) is 0 Å². The number of hydrogen-bond acceptors (Lipinski definition) is 10. The molecule has 0 fully saturated rings. The summed E-state index contributed by atoms with van der Waals surface area (Å²) in [6, 6.07) is 18.0. The Kier molecular flexibility index (Phi) is 18.6. The molecule has 0 saturated carbocycles. The Balaban J connectivity index is 0.000000289. The molecule has 0 spiro atoms. The summed E-state index contributed by atoms with van der Waals surface area (Å²) in [6.07, 6.45) is 2.51. The standard InChI is InChI=1S/C8H12BNO3.C8H10BrNO.C8H11NO.C6H6ClNO/c1-3-7-6(9(11)12)4-5-8(10-7)13-2;1-3-7-6(9)4-5-8(10-7)11-2;1-3-7-5-4-6-8(9-7)10-2;1-9-6-4-2-3-5(7)8-6/h4-5,11-12H,3H2,1-2H3;4-5H,3H2,1-2H3;4-6H,3H2,1-2H3;2-4H,1H3. The van der Waals surface area contributed by atoms with E-state index in [9.17, 15) is 0 Å². The van der Waals surface area contributed by atoms with E-state index in [0.717, 1.165) is 28.7 Å². The molecular formula is C30H39BBrClN4O6. The van der Waals surface area contributed by atoms with Gasteiger partial charge in [-0.1, -0.05) is 50.6 Å². The van der Waals surface area contributed by atoms with Crippen molar-refractivity contribution in [1.82, 2.24) is 19.9 Å². The molecule has 4 aromatic heterocycles. The molecule has 0 aliphatic carbocycles. The van der Waals surface area contributed by atoms with Gasteiger partial charge in [-0.3, -0.25) is 0 Å². The fourth-order valence-electron chi connectivity index (χ4n) is 3.22. The van der Waals surface area contributed by atoms with Crippen molar-refractivity contribution >= 4 is 40.1 Å². The van der Waals surface area contributed by atoms with Gasteiger partial charge in [0.05, 0.1) is 34.1 Å². The summed E-state index contributed by atoms with van der Waals surface area (Å²) in [5, 5.41) is 18.4. The van der Waals surface area contributed by atoms with Gasteiger partial charge < -0.3 is 29.0 Å². The second-order valence-corrected chi connectivity index (χ2v) is 9.52. The lowest BCUT2D eigenvalue weighted by atomic mass is 9.78. The third-order valence-corrected chi connectivity index (χ3v) is 6.43. The molecule has 0 bridgehead atoms. The predicted octanol–water partition coefficient (Wildman–Crippen LogP) is 5.14. The maximum absolute atomic E-state index is 8.97. The zero-order valence-electron chi connectivity index (χ0n) is 25.5. The average Bonchev–Trinajstić information content (AvgIpc) is 3.05. The molecule has 13 heteroatoms. The van der Waals surface area contributed by atoms with Crippen LogP contribution in [0, 0.1) is 0 Å². The summed E-state index contributed by atoms with van der Waals surface area (Å²) in [6.45, 7) is 6.03. The lowest BCUT2D eigenvalue weighted by molar-refractivity contribution is 0.395. The van der Waals surface area contributed by atoms with Gasteiger partial charge in [-0.2, -0.15) is 0 Å². The van der Waals surface area contributed by atoms with Crippen LogP contribution in [0.25, 0.3) is 0 Å². The molecular weight excluding hydrogens is 639 g/mol. The van der Waals surface area contributed by atoms with Crippen molar-refractivity contribution in [3.8, 4) is 23.5 Å². The van der Waals surface area contributed by atoms with Crippen LogP contribution in [0.3, 0.4) is 0 Å². The minimum Gasteiger partial charge on any atom is -0.481 e. The molecule has 0 aliphatic rings. The van der Waals surface area contributed by atoms with Crippen LogP contribution in [0.1, 0.15) is 37.9 Å². The summed E-state index contributed by atoms with van der Waals surface area (Å²) in [5.74, 6) is 2.40. The zero-order chi connectivity index (χ0) is 32.2. The number of nitrogens with zero attached hydrogens (tertiary/aromatic N) is 4. The van der Waals surface area contributed by atoms with Gasteiger partial charge in [0.15, 0.2) is 0 Å². The second kappa shape index (κ2) is 21.3. The van der Waals surface area contributed by atoms with E-state index < -0.39 is 7.12 Å². The lowest BCUT2D eigenvalue weighted by Gasteiger charge is -2.07. The fraction of sp³-hybridized carbons (Fsp3) is 0.333. The monoisotopic (exact) mass is 676 g/mol. The fourth-order valence-corrected chi connectivity index (χ4v) is 3.88. The topological polar surface area (TPSA) is 129 Å². The minimum atomic E-state index is -1.46. The van der Waals surface area contributed by atoms with Crippen molar-refractivity contribution in [3.63, 3.8) is 0 Å². The molecule has 0 atom stereocenters. The first-order valence-corrected chi connectivity index (χ1v) is 14.6. The number of halogens is 2. The molecule has 0 unspecified atom stereocenters. The van der Waals surface area contributed by atoms with Gasteiger partial charge >= 0.3 is 7.12 Å². The molecule has 0 aliphatic heterocycles. The summed E-state index contributed by atoms with van der Waals surface area (Å²) in [5.41, 5.74) is 3.18. The molecule has 4 rings (SSSR count). The van der Waals surface area contributed by atoms with Crippen LogP contribution in [0.5, 0.6) is 23.5 Å². The summed E-state index contributed by atoms with van der Waals surface area (Å²) in [4.78, 5) is 16.4. The smallest absolute Gasteiger partial charge is 0.481 e. The quantitative estimate of drug-likeness (QED) is 0.191. The van der Waals surface area contributed by atoms with E-state index in [1.54, 1.807) is 51.7 Å². The van der Waals surface area contributed by atoms with Crippen LogP contribution in [-0.2, 0) is 19.3 Å². The highest BCUT2D eigenvalue weighted by Crippen LogP contribution is 2.18. The van der Waals surface area contributed by atoms with E-state index in [1.165, 1.54) is 7.11 Å². The van der Waals surface area contributed by atoms with E-state index in [0.29, 0.717) is 46.3 Å². The van der Waals surface area contributed by atoms with Crippen LogP contribution in [0.2, 0.25) is 5.15 Å². The number of aryl methyl sites for hydroxylation is 3. The Bertz CT molecular complexity index is 1350. The minimum absolute atomic E-state index is 0.434. The van der Waals surface area contributed by atoms with Gasteiger partial charge in [0.2, 0.25) is 23.5 Å². The van der Waals surface area contributed by atoms with Gasteiger partial charge in [0.25, 0.3) is 0 Å². The van der Waals surface area contributed by atoms with Gasteiger partial charge in [0.1, 0.15) is 5.15 Å². The molecule has 0 radical (unpaired) electrons. The van der Waals surface area contributed by atoms with Crippen molar-refractivity contribution < 1.29 is 29.0 Å². The highest BCUT2D eigenvalue weighted by molar-refractivity contribution is 9.10. The molecule has 43 heavy (non-hydrogen) atoms. The maximum Gasteiger partial charge on any atom is 0.490 e. The van der Waals surface area contributed by atoms with Crippen molar-refractivity contribution in [2.24, 2.45) is 0 Å². The van der Waals surface area contributed by atoms with Crippen LogP contribution in [-0.4, -0.2) is 65.5 Å². The Morgan fingerprint density at radius 2 is 1.12 bits per heavy atom. The number of ether oxygens (including phenoxy) is 4. The first-order valence-electron chi connectivity index (χ1n) is 13.4. The van der Waals surface area contributed by atoms with Crippen LogP contribution >= 0.6 is 27.5 Å². The predicted molar refractivity (Wildman–Crippen MR) is 174 cm³/mol. The lowest BCUT2D eigenvalue weighted by Crippen LogP contribution is -2.33. The van der Waals surface area contributed by atoms with Gasteiger partial charge in [0, 0.05) is 39.5 Å². The highest BCUT2D eigenvalue weighted by atomic mass is 79.9. The summed E-state index contributed by atoms with van der Waals surface area (Å²) < 4.78 is 20.7. The number of methoxy groups -OCH3 is 4. The molecule has 232 valence electrons. The van der Waals surface area contributed by atoms with Crippen molar-refractivity contribution in [3.05, 3.63) is 87.4 Å². The van der Waals surface area contributed by atoms with E-state index in [-0.39, 0.29) is 0 Å².